The topological polar surface area (TPSA) is 61.0 Å². The Bertz CT molecular complexity index is 557. The van der Waals surface area contributed by atoms with Gasteiger partial charge in [0.25, 0.3) is 0 Å². The Kier molecular flexibility index (Phi) is 2.91. The van der Waals surface area contributed by atoms with E-state index in [-0.39, 0.29) is 5.75 Å². The highest BCUT2D eigenvalue weighted by Crippen LogP contribution is 2.24. The molecule has 1 aromatic heterocycles. The molecule has 1 heterocycles. The van der Waals surface area contributed by atoms with Crippen LogP contribution in [0.3, 0.4) is 0 Å². The summed E-state index contributed by atoms with van der Waals surface area (Å²) in [5.41, 5.74) is 7.42. The minimum absolute atomic E-state index is 0.203. The van der Waals surface area contributed by atoms with Gasteiger partial charge in [-0.05, 0) is 25.1 Å². The molecule has 0 saturated carbocycles. The summed E-state index contributed by atoms with van der Waals surface area (Å²) < 4.78 is 18.4. The van der Waals surface area contributed by atoms with Crippen LogP contribution in [-0.2, 0) is 0 Å². The first kappa shape index (κ1) is 11.3. The van der Waals surface area contributed by atoms with Gasteiger partial charge in [0.2, 0.25) is 0 Å². The second kappa shape index (κ2) is 4.37. The molecule has 88 valence electrons. The zero-order valence-electron chi connectivity index (χ0n) is 9.57. The van der Waals surface area contributed by atoms with E-state index < -0.39 is 5.82 Å². The summed E-state index contributed by atoms with van der Waals surface area (Å²) in [6.07, 6.45) is 1.52. The normalized spacial score (nSPS) is 10.3. The summed E-state index contributed by atoms with van der Waals surface area (Å²) in [4.78, 5) is 8.23. The third kappa shape index (κ3) is 2.18. The average molecular weight is 233 g/mol. The second-order valence-electron chi connectivity index (χ2n) is 3.58. The van der Waals surface area contributed by atoms with Crippen molar-refractivity contribution in [2.24, 2.45) is 0 Å². The molecule has 0 atom stereocenters. The van der Waals surface area contributed by atoms with Crippen LogP contribution in [0.5, 0.6) is 5.75 Å². The van der Waals surface area contributed by atoms with E-state index in [1.807, 2.05) is 0 Å². The standard InChI is InChI=1S/C12H12FN3O/c1-7-12(14)15-6-10(16-7)8-3-4-11(17-2)9(13)5-8/h3-6H,1-2H3,(H2,14,15). The maximum Gasteiger partial charge on any atom is 0.165 e. The van der Waals surface area contributed by atoms with Crippen LogP contribution >= 0.6 is 0 Å². The van der Waals surface area contributed by atoms with Crippen molar-refractivity contribution in [3.8, 4) is 17.0 Å². The van der Waals surface area contributed by atoms with Gasteiger partial charge < -0.3 is 10.5 Å². The SMILES string of the molecule is COc1ccc(-c2cnc(N)c(C)n2)cc1F. The Morgan fingerprint density at radius 2 is 2.12 bits per heavy atom. The zero-order chi connectivity index (χ0) is 12.4. The molecule has 0 radical (unpaired) electrons. The monoisotopic (exact) mass is 233 g/mol. The number of hydrogen-bond donors (Lipinski definition) is 1. The van der Waals surface area contributed by atoms with Crippen molar-refractivity contribution >= 4 is 5.82 Å². The van der Waals surface area contributed by atoms with Crippen molar-refractivity contribution in [3.05, 3.63) is 35.9 Å². The van der Waals surface area contributed by atoms with Gasteiger partial charge in [-0.25, -0.2) is 14.4 Å². The number of nitrogen functional groups attached to an aromatic ring is 1. The Balaban J connectivity index is 2.46. The number of nitrogens with two attached hydrogens (primary N) is 1. The summed E-state index contributed by atoms with van der Waals surface area (Å²) in [6, 6.07) is 4.64. The van der Waals surface area contributed by atoms with Gasteiger partial charge >= 0.3 is 0 Å². The third-order valence-electron chi connectivity index (χ3n) is 2.43. The number of aryl methyl sites for hydroxylation is 1. The highest BCUT2D eigenvalue weighted by Gasteiger charge is 2.07. The molecule has 0 fully saturated rings. The number of methoxy groups -OCH3 is 1. The lowest BCUT2D eigenvalue weighted by atomic mass is 10.1. The summed E-state index contributed by atoms with van der Waals surface area (Å²) in [5, 5.41) is 0. The van der Waals surface area contributed by atoms with E-state index in [2.05, 4.69) is 9.97 Å². The van der Waals surface area contributed by atoms with E-state index in [1.165, 1.54) is 19.4 Å². The van der Waals surface area contributed by atoms with Gasteiger partial charge in [-0.1, -0.05) is 0 Å². The zero-order valence-corrected chi connectivity index (χ0v) is 9.57. The van der Waals surface area contributed by atoms with Crippen LogP contribution < -0.4 is 10.5 Å². The predicted octanol–water partition coefficient (Wildman–Crippen LogP) is 2.18. The van der Waals surface area contributed by atoms with Crippen LogP contribution in [0, 0.1) is 12.7 Å². The molecule has 4 nitrogen and oxygen atoms in total. The molecule has 0 amide bonds. The summed E-state index contributed by atoms with van der Waals surface area (Å²) >= 11 is 0. The Morgan fingerprint density at radius 3 is 2.71 bits per heavy atom. The number of hydrogen-bond acceptors (Lipinski definition) is 4. The molecule has 1 aromatic carbocycles. The van der Waals surface area contributed by atoms with Crippen LogP contribution in [0.2, 0.25) is 0 Å². The molecule has 0 saturated heterocycles. The van der Waals surface area contributed by atoms with E-state index in [0.717, 1.165) is 0 Å². The summed E-state index contributed by atoms with van der Waals surface area (Å²) in [5.74, 6) is 0.151. The van der Waals surface area contributed by atoms with Crippen LogP contribution in [-0.4, -0.2) is 17.1 Å². The Morgan fingerprint density at radius 1 is 1.35 bits per heavy atom. The molecule has 17 heavy (non-hydrogen) atoms. The summed E-state index contributed by atoms with van der Waals surface area (Å²) in [7, 11) is 1.42. The van der Waals surface area contributed by atoms with Crippen molar-refractivity contribution in [1.29, 1.82) is 0 Å². The number of aromatic nitrogens is 2. The number of benzene rings is 1. The van der Waals surface area contributed by atoms with Gasteiger partial charge in [-0.2, -0.15) is 0 Å². The van der Waals surface area contributed by atoms with Crippen molar-refractivity contribution in [3.63, 3.8) is 0 Å². The highest BCUT2D eigenvalue weighted by atomic mass is 19.1. The first-order valence-electron chi connectivity index (χ1n) is 5.05. The second-order valence-corrected chi connectivity index (χ2v) is 3.58. The van der Waals surface area contributed by atoms with Gasteiger partial charge in [0.05, 0.1) is 24.7 Å². The minimum Gasteiger partial charge on any atom is -0.494 e. The molecule has 2 rings (SSSR count). The minimum atomic E-state index is -0.429. The maximum absolute atomic E-state index is 13.5. The van der Waals surface area contributed by atoms with E-state index in [4.69, 9.17) is 10.5 Å². The first-order valence-corrected chi connectivity index (χ1v) is 5.05. The van der Waals surface area contributed by atoms with Gasteiger partial charge in [-0.3, -0.25) is 0 Å². The Hall–Kier alpha value is -2.17. The third-order valence-corrected chi connectivity index (χ3v) is 2.43. The molecule has 0 aliphatic rings. The lowest BCUT2D eigenvalue weighted by Crippen LogP contribution is -1.98. The number of ether oxygens (including phenoxy) is 1. The fourth-order valence-electron chi connectivity index (χ4n) is 1.46. The molecule has 2 aromatic rings. The van der Waals surface area contributed by atoms with Gasteiger partial charge in [0, 0.05) is 5.56 Å². The number of halogens is 1. The van der Waals surface area contributed by atoms with Crippen molar-refractivity contribution in [2.75, 3.05) is 12.8 Å². The van der Waals surface area contributed by atoms with Gasteiger partial charge in [0.15, 0.2) is 11.6 Å². The number of rotatable bonds is 2. The van der Waals surface area contributed by atoms with Crippen LogP contribution in [0.15, 0.2) is 24.4 Å². The molecule has 0 unspecified atom stereocenters. The van der Waals surface area contributed by atoms with E-state index in [9.17, 15) is 4.39 Å². The molecular weight excluding hydrogens is 221 g/mol. The van der Waals surface area contributed by atoms with E-state index >= 15 is 0 Å². The molecule has 5 heteroatoms. The number of nitrogens with zero attached hydrogens (tertiary/aromatic N) is 2. The predicted molar refractivity (Wildman–Crippen MR) is 63.1 cm³/mol. The average Bonchev–Trinajstić information content (AvgIpc) is 2.32. The van der Waals surface area contributed by atoms with E-state index in [1.54, 1.807) is 19.1 Å². The van der Waals surface area contributed by atoms with Crippen LogP contribution in [0.4, 0.5) is 10.2 Å². The Labute approximate surface area is 98.3 Å². The molecule has 0 aliphatic heterocycles. The molecule has 0 aliphatic carbocycles. The lowest BCUT2D eigenvalue weighted by Gasteiger charge is -2.06. The largest absolute Gasteiger partial charge is 0.494 e. The molecular formula is C12H12FN3O. The first-order chi connectivity index (χ1) is 8.11. The summed E-state index contributed by atoms with van der Waals surface area (Å²) in [6.45, 7) is 1.76. The maximum atomic E-state index is 13.5. The van der Waals surface area contributed by atoms with Gasteiger partial charge in [-0.15, -0.1) is 0 Å². The smallest absolute Gasteiger partial charge is 0.165 e. The fraction of sp³-hybridized carbons (Fsp3) is 0.167. The van der Waals surface area contributed by atoms with Gasteiger partial charge in [0.1, 0.15) is 5.82 Å². The number of anilines is 1. The molecule has 2 N–H and O–H groups in total. The van der Waals surface area contributed by atoms with Crippen LogP contribution in [0.1, 0.15) is 5.69 Å². The quantitative estimate of drug-likeness (QED) is 0.863. The van der Waals surface area contributed by atoms with E-state index in [0.29, 0.717) is 22.8 Å². The van der Waals surface area contributed by atoms with Crippen molar-refractivity contribution in [1.82, 2.24) is 9.97 Å². The highest BCUT2D eigenvalue weighted by molar-refractivity contribution is 5.60. The van der Waals surface area contributed by atoms with Crippen LogP contribution in [0.25, 0.3) is 11.3 Å². The van der Waals surface area contributed by atoms with Crippen molar-refractivity contribution < 1.29 is 9.13 Å². The molecule has 0 bridgehead atoms. The lowest BCUT2D eigenvalue weighted by molar-refractivity contribution is 0.386. The van der Waals surface area contributed by atoms with Crippen molar-refractivity contribution in [2.45, 2.75) is 6.92 Å². The molecule has 0 spiro atoms. The fourth-order valence-corrected chi connectivity index (χ4v) is 1.46.